The maximum Gasteiger partial charge on any atom is 0.123 e. The van der Waals surface area contributed by atoms with E-state index in [1.54, 1.807) is 7.11 Å². The lowest BCUT2D eigenvalue weighted by atomic mass is 10.1. The summed E-state index contributed by atoms with van der Waals surface area (Å²) in [6, 6.07) is 7.68. The molecule has 3 nitrogen and oxygen atoms in total. The van der Waals surface area contributed by atoms with E-state index in [0.717, 1.165) is 17.7 Å². The lowest BCUT2D eigenvalue weighted by Crippen LogP contribution is -2.22. The molecule has 0 radical (unpaired) electrons. The molecule has 0 saturated heterocycles. The molecule has 0 aromatic heterocycles. The Labute approximate surface area is 110 Å². The molecule has 2 unspecified atom stereocenters. The second kappa shape index (κ2) is 7.39. The van der Waals surface area contributed by atoms with Crippen LogP contribution in [0.15, 0.2) is 24.3 Å². The van der Waals surface area contributed by atoms with Crippen LogP contribution < -0.4 is 10.5 Å². The van der Waals surface area contributed by atoms with Gasteiger partial charge in [-0.2, -0.15) is 0 Å². The number of rotatable bonds is 7. The van der Waals surface area contributed by atoms with Crippen LogP contribution in [0.4, 0.5) is 0 Å². The monoisotopic (exact) mass is 251 g/mol. The average molecular weight is 251 g/mol. The van der Waals surface area contributed by atoms with Crippen molar-refractivity contribution in [3.05, 3.63) is 29.8 Å². The van der Waals surface area contributed by atoms with Crippen LogP contribution in [0.2, 0.25) is 0 Å². The predicted molar refractivity (Wildman–Crippen MR) is 74.8 cm³/mol. The Bertz CT molecular complexity index is 352. The summed E-state index contributed by atoms with van der Waals surface area (Å²) in [6.45, 7) is 7.00. The molecular weight excluding hydrogens is 226 g/mol. The Kier molecular flexibility index (Phi) is 6.16. The van der Waals surface area contributed by atoms with E-state index >= 15 is 0 Å². The van der Waals surface area contributed by atoms with Gasteiger partial charge in [0.2, 0.25) is 0 Å². The van der Waals surface area contributed by atoms with Crippen molar-refractivity contribution in [2.75, 3.05) is 13.7 Å². The minimum atomic E-state index is -0.143. The fraction of sp³-hybridized carbons (Fsp3) is 0.600. The maximum absolute atomic E-state index is 6.15. The van der Waals surface area contributed by atoms with Gasteiger partial charge in [0.15, 0.2) is 0 Å². The molecule has 1 aromatic rings. The van der Waals surface area contributed by atoms with E-state index in [-0.39, 0.29) is 12.1 Å². The van der Waals surface area contributed by atoms with Gasteiger partial charge in [-0.1, -0.05) is 32.0 Å². The van der Waals surface area contributed by atoms with Gasteiger partial charge < -0.3 is 15.2 Å². The van der Waals surface area contributed by atoms with Gasteiger partial charge in [0.05, 0.1) is 25.9 Å². The summed E-state index contributed by atoms with van der Waals surface area (Å²) >= 11 is 0. The molecule has 1 aromatic carbocycles. The van der Waals surface area contributed by atoms with Crippen molar-refractivity contribution in [2.24, 2.45) is 11.7 Å². The quantitative estimate of drug-likeness (QED) is 0.809. The summed E-state index contributed by atoms with van der Waals surface area (Å²) in [5.74, 6) is 1.47. The normalized spacial score (nSPS) is 14.6. The number of benzene rings is 1. The first-order valence-electron chi connectivity index (χ1n) is 6.54. The lowest BCUT2D eigenvalue weighted by molar-refractivity contribution is 0.0427. The Morgan fingerprint density at radius 1 is 1.17 bits per heavy atom. The largest absolute Gasteiger partial charge is 0.496 e. The van der Waals surface area contributed by atoms with Crippen LogP contribution in [0.25, 0.3) is 0 Å². The highest BCUT2D eigenvalue weighted by Gasteiger charge is 2.13. The van der Waals surface area contributed by atoms with E-state index in [9.17, 15) is 0 Å². The molecule has 0 bridgehead atoms. The standard InChI is InChI=1S/C15H25NO2/c1-11(2)9-12(3)18-10-14(16)13-7-5-6-8-15(13)17-4/h5-8,11-12,14H,9-10,16H2,1-4H3. The highest BCUT2D eigenvalue weighted by atomic mass is 16.5. The van der Waals surface area contributed by atoms with Crippen LogP contribution in [0.5, 0.6) is 5.75 Å². The minimum Gasteiger partial charge on any atom is -0.496 e. The Balaban J connectivity index is 2.52. The number of methoxy groups -OCH3 is 1. The molecule has 0 aliphatic rings. The number of para-hydroxylation sites is 1. The summed E-state index contributed by atoms with van der Waals surface area (Å²) in [5, 5.41) is 0. The van der Waals surface area contributed by atoms with Gasteiger partial charge in [0.1, 0.15) is 5.75 Å². The van der Waals surface area contributed by atoms with E-state index in [1.165, 1.54) is 0 Å². The highest BCUT2D eigenvalue weighted by Crippen LogP contribution is 2.23. The first kappa shape index (κ1) is 15.0. The molecule has 102 valence electrons. The zero-order chi connectivity index (χ0) is 13.5. The average Bonchev–Trinajstić information content (AvgIpc) is 2.35. The third-order valence-electron chi connectivity index (χ3n) is 2.90. The van der Waals surface area contributed by atoms with Crippen LogP contribution >= 0.6 is 0 Å². The maximum atomic E-state index is 6.15. The molecular formula is C15H25NO2. The highest BCUT2D eigenvalue weighted by molar-refractivity contribution is 5.35. The molecule has 0 heterocycles. The second-order valence-electron chi connectivity index (χ2n) is 5.12. The molecule has 18 heavy (non-hydrogen) atoms. The van der Waals surface area contributed by atoms with Crippen LogP contribution in [-0.2, 0) is 4.74 Å². The lowest BCUT2D eigenvalue weighted by Gasteiger charge is -2.20. The molecule has 3 heteroatoms. The van der Waals surface area contributed by atoms with Crippen molar-refractivity contribution in [2.45, 2.75) is 39.3 Å². The Hall–Kier alpha value is -1.06. The summed E-state index contributed by atoms with van der Waals surface area (Å²) in [7, 11) is 1.66. The van der Waals surface area contributed by atoms with Crippen LogP contribution in [0, 0.1) is 5.92 Å². The molecule has 2 N–H and O–H groups in total. The summed E-state index contributed by atoms with van der Waals surface area (Å²) in [6.07, 6.45) is 1.30. The fourth-order valence-corrected chi connectivity index (χ4v) is 2.06. The van der Waals surface area contributed by atoms with E-state index < -0.39 is 0 Å². The van der Waals surface area contributed by atoms with Crippen molar-refractivity contribution in [1.29, 1.82) is 0 Å². The summed E-state index contributed by atoms with van der Waals surface area (Å²) in [4.78, 5) is 0. The number of nitrogens with two attached hydrogens (primary N) is 1. The van der Waals surface area contributed by atoms with Gasteiger partial charge in [0, 0.05) is 5.56 Å². The van der Waals surface area contributed by atoms with Crippen LogP contribution in [0.3, 0.4) is 0 Å². The van der Waals surface area contributed by atoms with E-state index in [2.05, 4.69) is 20.8 Å². The van der Waals surface area contributed by atoms with Gasteiger partial charge in [0.25, 0.3) is 0 Å². The second-order valence-corrected chi connectivity index (χ2v) is 5.12. The van der Waals surface area contributed by atoms with Crippen LogP contribution in [-0.4, -0.2) is 19.8 Å². The van der Waals surface area contributed by atoms with Gasteiger partial charge in [-0.3, -0.25) is 0 Å². The predicted octanol–water partition coefficient (Wildman–Crippen LogP) is 3.15. The SMILES string of the molecule is COc1ccccc1C(N)COC(C)CC(C)C. The van der Waals surface area contributed by atoms with Crippen molar-refractivity contribution < 1.29 is 9.47 Å². The van der Waals surface area contributed by atoms with E-state index in [1.807, 2.05) is 24.3 Å². The van der Waals surface area contributed by atoms with Gasteiger partial charge >= 0.3 is 0 Å². The molecule has 0 aliphatic heterocycles. The van der Waals surface area contributed by atoms with Gasteiger partial charge in [-0.15, -0.1) is 0 Å². The van der Waals surface area contributed by atoms with Crippen LogP contribution in [0.1, 0.15) is 38.8 Å². The minimum absolute atomic E-state index is 0.143. The third kappa shape index (κ3) is 4.67. The zero-order valence-electron chi connectivity index (χ0n) is 11.8. The molecule has 0 fully saturated rings. The third-order valence-corrected chi connectivity index (χ3v) is 2.90. The molecule has 2 atom stereocenters. The molecule has 1 rings (SSSR count). The number of hydrogen-bond donors (Lipinski definition) is 1. The smallest absolute Gasteiger partial charge is 0.123 e. The van der Waals surface area contributed by atoms with E-state index in [4.69, 9.17) is 15.2 Å². The first-order chi connectivity index (χ1) is 8.54. The van der Waals surface area contributed by atoms with Crippen molar-refractivity contribution >= 4 is 0 Å². The summed E-state index contributed by atoms with van der Waals surface area (Å²) < 4.78 is 11.1. The van der Waals surface area contributed by atoms with Crippen molar-refractivity contribution in [3.63, 3.8) is 0 Å². The Morgan fingerprint density at radius 2 is 1.83 bits per heavy atom. The fourth-order valence-electron chi connectivity index (χ4n) is 2.06. The molecule has 0 aliphatic carbocycles. The summed E-state index contributed by atoms with van der Waals surface area (Å²) in [5.41, 5.74) is 7.14. The molecule has 0 amide bonds. The van der Waals surface area contributed by atoms with Gasteiger partial charge in [-0.05, 0) is 25.3 Å². The zero-order valence-corrected chi connectivity index (χ0v) is 11.8. The van der Waals surface area contributed by atoms with Crippen molar-refractivity contribution in [3.8, 4) is 5.75 Å². The van der Waals surface area contributed by atoms with Crippen molar-refractivity contribution in [1.82, 2.24) is 0 Å². The van der Waals surface area contributed by atoms with Gasteiger partial charge in [-0.25, -0.2) is 0 Å². The van der Waals surface area contributed by atoms with E-state index in [0.29, 0.717) is 12.5 Å². The first-order valence-corrected chi connectivity index (χ1v) is 6.54. The number of ether oxygens (including phenoxy) is 2. The number of hydrogen-bond acceptors (Lipinski definition) is 3. The molecule has 0 saturated carbocycles. The topological polar surface area (TPSA) is 44.5 Å². The molecule has 0 spiro atoms. The Morgan fingerprint density at radius 3 is 2.44 bits per heavy atom.